The molecule has 0 spiro atoms. The van der Waals surface area contributed by atoms with Crippen LogP contribution in [0.15, 0.2) is 12.2 Å². The molecule has 0 saturated heterocycles. The van der Waals surface area contributed by atoms with Crippen molar-refractivity contribution in [2.24, 2.45) is 0 Å². The molecule has 0 saturated carbocycles. The Balaban J connectivity index is 3.72. The van der Waals surface area contributed by atoms with Crippen LogP contribution in [0.25, 0.3) is 0 Å². The molecular formula is C8H14ClF2NO. The van der Waals surface area contributed by atoms with E-state index in [-0.39, 0.29) is 19.7 Å². The summed E-state index contributed by atoms with van der Waals surface area (Å²) < 4.78 is 23.9. The van der Waals surface area contributed by atoms with Crippen LogP contribution < -0.4 is 0 Å². The fourth-order valence-electron chi connectivity index (χ4n) is 0.880. The minimum atomic E-state index is -2.36. The quantitative estimate of drug-likeness (QED) is 0.510. The Morgan fingerprint density at radius 3 is 2.54 bits per heavy atom. The SMILES string of the molecule is OCCN(C/C=C/CCl)CC(F)F. The highest BCUT2D eigenvalue weighted by Crippen LogP contribution is 1.98. The van der Waals surface area contributed by atoms with Gasteiger partial charge in [-0.25, -0.2) is 8.78 Å². The monoisotopic (exact) mass is 213 g/mol. The Kier molecular flexibility index (Phi) is 8.29. The third-order valence-electron chi connectivity index (χ3n) is 1.43. The third kappa shape index (κ3) is 8.15. The Labute approximate surface area is 81.8 Å². The summed E-state index contributed by atoms with van der Waals surface area (Å²) in [4.78, 5) is 1.47. The Morgan fingerprint density at radius 1 is 1.38 bits per heavy atom. The van der Waals surface area contributed by atoms with Gasteiger partial charge < -0.3 is 5.11 Å². The fourth-order valence-corrected chi connectivity index (χ4v) is 1.01. The van der Waals surface area contributed by atoms with Crippen molar-refractivity contribution in [3.05, 3.63) is 12.2 Å². The standard InChI is InChI=1S/C8H14ClF2NO/c9-3-1-2-4-12(5-6-13)7-8(10)11/h1-2,8,13H,3-7H2/b2-1+. The highest BCUT2D eigenvalue weighted by molar-refractivity contribution is 6.18. The smallest absolute Gasteiger partial charge is 0.251 e. The lowest BCUT2D eigenvalue weighted by molar-refractivity contribution is 0.0844. The van der Waals surface area contributed by atoms with Gasteiger partial charge in [0.1, 0.15) is 0 Å². The summed E-state index contributed by atoms with van der Waals surface area (Å²) in [6, 6.07) is 0. The van der Waals surface area contributed by atoms with Gasteiger partial charge in [-0.1, -0.05) is 12.2 Å². The average molecular weight is 214 g/mol. The minimum Gasteiger partial charge on any atom is -0.395 e. The lowest BCUT2D eigenvalue weighted by Gasteiger charge is -2.18. The predicted octanol–water partition coefficient (Wildman–Crippen LogP) is 1.34. The van der Waals surface area contributed by atoms with Gasteiger partial charge in [-0.2, -0.15) is 0 Å². The van der Waals surface area contributed by atoms with Crippen LogP contribution in [0.2, 0.25) is 0 Å². The van der Waals surface area contributed by atoms with E-state index in [0.717, 1.165) is 0 Å². The highest BCUT2D eigenvalue weighted by atomic mass is 35.5. The largest absolute Gasteiger partial charge is 0.395 e. The van der Waals surface area contributed by atoms with Gasteiger partial charge in [0.15, 0.2) is 0 Å². The summed E-state index contributed by atoms with van der Waals surface area (Å²) in [6.07, 6.45) is 1.04. The van der Waals surface area contributed by atoms with E-state index in [2.05, 4.69) is 0 Å². The maximum Gasteiger partial charge on any atom is 0.251 e. The van der Waals surface area contributed by atoms with Gasteiger partial charge in [0, 0.05) is 19.0 Å². The molecule has 78 valence electrons. The zero-order valence-corrected chi connectivity index (χ0v) is 8.05. The number of hydrogen-bond acceptors (Lipinski definition) is 2. The summed E-state index contributed by atoms with van der Waals surface area (Å²) in [5.74, 6) is 0.377. The normalized spacial score (nSPS) is 12.2. The molecule has 0 aliphatic rings. The second kappa shape index (κ2) is 8.41. The lowest BCUT2D eigenvalue weighted by atomic mass is 10.4. The Bertz CT molecular complexity index is 144. The molecule has 0 radical (unpaired) electrons. The van der Waals surface area contributed by atoms with Crippen LogP contribution in [0.1, 0.15) is 0 Å². The molecule has 0 atom stereocenters. The van der Waals surface area contributed by atoms with E-state index in [1.54, 1.807) is 12.2 Å². The van der Waals surface area contributed by atoms with Gasteiger partial charge in [0.05, 0.1) is 13.2 Å². The first-order valence-electron chi connectivity index (χ1n) is 4.03. The van der Waals surface area contributed by atoms with Crippen LogP contribution >= 0.6 is 11.6 Å². The second-order valence-electron chi connectivity index (χ2n) is 2.50. The molecule has 0 aromatic heterocycles. The molecule has 1 N–H and O–H groups in total. The predicted molar refractivity (Wildman–Crippen MR) is 49.4 cm³/mol. The van der Waals surface area contributed by atoms with Gasteiger partial charge in [0.2, 0.25) is 0 Å². The van der Waals surface area contributed by atoms with Crippen molar-refractivity contribution in [3.8, 4) is 0 Å². The van der Waals surface area contributed by atoms with E-state index in [0.29, 0.717) is 12.4 Å². The molecule has 0 amide bonds. The fraction of sp³-hybridized carbons (Fsp3) is 0.750. The zero-order valence-electron chi connectivity index (χ0n) is 7.30. The third-order valence-corrected chi connectivity index (χ3v) is 1.61. The van der Waals surface area contributed by atoms with Gasteiger partial charge in [-0.3, -0.25) is 4.90 Å². The molecule has 0 aromatic carbocycles. The van der Waals surface area contributed by atoms with Crippen molar-refractivity contribution in [1.29, 1.82) is 0 Å². The second-order valence-corrected chi connectivity index (χ2v) is 2.81. The number of aliphatic hydroxyl groups is 1. The molecule has 2 nitrogen and oxygen atoms in total. The van der Waals surface area contributed by atoms with Crippen molar-refractivity contribution in [2.45, 2.75) is 6.43 Å². The lowest BCUT2D eigenvalue weighted by Crippen LogP contribution is -2.31. The minimum absolute atomic E-state index is 0.110. The molecule has 0 aliphatic carbocycles. The Hall–Kier alpha value is -0.190. The van der Waals surface area contributed by atoms with Crippen molar-refractivity contribution >= 4 is 11.6 Å². The molecule has 0 fully saturated rings. The molecule has 0 unspecified atom stereocenters. The van der Waals surface area contributed by atoms with Crippen molar-refractivity contribution in [1.82, 2.24) is 4.90 Å². The number of allylic oxidation sites excluding steroid dienone is 1. The van der Waals surface area contributed by atoms with Crippen molar-refractivity contribution < 1.29 is 13.9 Å². The van der Waals surface area contributed by atoms with Gasteiger partial charge in [-0.15, -0.1) is 11.6 Å². The first-order chi connectivity index (χ1) is 6.20. The number of rotatable bonds is 7. The molecule has 13 heavy (non-hydrogen) atoms. The number of nitrogens with zero attached hydrogens (tertiary/aromatic N) is 1. The summed E-state index contributed by atoms with van der Waals surface area (Å²) in [6.45, 7) is 0.239. The highest BCUT2D eigenvalue weighted by Gasteiger charge is 2.09. The van der Waals surface area contributed by atoms with Crippen LogP contribution in [-0.4, -0.2) is 48.6 Å². The summed E-state index contributed by atoms with van der Waals surface area (Å²) >= 11 is 5.36. The van der Waals surface area contributed by atoms with Crippen LogP contribution in [0, 0.1) is 0 Å². The van der Waals surface area contributed by atoms with Crippen LogP contribution in [0.3, 0.4) is 0 Å². The molecule has 0 bridgehead atoms. The van der Waals surface area contributed by atoms with Crippen LogP contribution in [0.4, 0.5) is 8.78 Å². The first kappa shape index (κ1) is 12.8. The topological polar surface area (TPSA) is 23.5 Å². The number of halogens is 3. The Morgan fingerprint density at radius 2 is 2.08 bits per heavy atom. The van der Waals surface area contributed by atoms with Gasteiger partial charge >= 0.3 is 0 Å². The number of alkyl halides is 3. The van der Waals surface area contributed by atoms with E-state index in [9.17, 15) is 8.78 Å². The van der Waals surface area contributed by atoms with Gasteiger partial charge in [0.25, 0.3) is 6.43 Å². The van der Waals surface area contributed by atoms with Crippen LogP contribution in [0.5, 0.6) is 0 Å². The summed E-state index contributed by atoms with van der Waals surface area (Å²) in [5, 5.41) is 8.57. The van der Waals surface area contributed by atoms with Crippen molar-refractivity contribution in [2.75, 3.05) is 32.1 Å². The molecule has 5 heteroatoms. The van der Waals surface area contributed by atoms with Gasteiger partial charge in [-0.05, 0) is 0 Å². The van der Waals surface area contributed by atoms with E-state index in [1.165, 1.54) is 4.90 Å². The van der Waals surface area contributed by atoms with E-state index in [1.807, 2.05) is 0 Å². The molecular weight excluding hydrogens is 200 g/mol. The van der Waals surface area contributed by atoms with E-state index < -0.39 is 6.43 Å². The maximum atomic E-state index is 11.9. The summed E-state index contributed by atoms with van der Waals surface area (Å²) in [7, 11) is 0. The molecule has 0 rings (SSSR count). The maximum absolute atomic E-state index is 11.9. The van der Waals surface area contributed by atoms with E-state index in [4.69, 9.17) is 16.7 Å². The molecule has 0 heterocycles. The number of aliphatic hydroxyl groups excluding tert-OH is 1. The van der Waals surface area contributed by atoms with Crippen molar-refractivity contribution in [3.63, 3.8) is 0 Å². The molecule has 0 aromatic rings. The van der Waals surface area contributed by atoms with E-state index >= 15 is 0 Å². The van der Waals surface area contributed by atoms with Crippen LogP contribution in [-0.2, 0) is 0 Å². The number of hydrogen-bond donors (Lipinski definition) is 1. The first-order valence-corrected chi connectivity index (χ1v) is 4.56. The average Bonchev–Trinajstić information content (AvgIpc) is 2.04. The zero-order chi connectivity index (χ0) is 10.1. The molecule has 0 aliphatic heterocycles. The summed E-state index contributed by atoms with van der Waals surface area (Å²) in [5.41, 5.74) is 0.